The summed E-state index contributed by atoms with van der Waals surface area (Å²) in [5, 5.41) is 0. The van der Waals surface area contributed by atoms with Crippen LogP contribution in [0.3, 0.4) is 0 Å². The van der Waals surface area contributed by atoms with Crippen molar-refractivity contribution in [3.8, 4) is 11.5 Å². The van der Waals surface area contributed by atoms with Crippen molar-refractivity contribution in [2.45, 2.75) is 17.6 Å². The van der Waals surface area contributed by atoms with Crippen molar-refractivity contribution in [1.82, 2.24) is 0 Å². The molecule has 1 heterocycles. The molecule has 1 aliphatic heterocycles. The number of carbonyl (C=O) groups excluding carboxylic acids is 1. The molecule has 2 aromatic rings. The van der Waals surface area contributed by atoms with Crippen molar-refractivity contribution in [2.75, 3.05) is 13.2 Å². The molecule has 0 fully saturated rings. The highest BCUT2D eigenvalue weighted by molar-refractivity contribution is 7.98. The Morgan fingerprint density at radius 1 is 1.05 bits per heavy atom. The Morgan fingerprint density at radius 2 is 1.76 bits per heavy atom. The molecule has 0 atom stereocenters. The second-order valence-corrected chi connectivity index (χ2v) is 5.90. The first kappa shape index (κ1) is 14.0. The van der Waals surface area contributed by atoms with Crippen molar-refractivity contribution >= 4 is 17.5 Å². The molecule has 0 unspecified atom stereocenters. The van der Waals surface area contributed by atoms with E-state index in [1.807, 2.05) is 42.5 Å². The molecule has 21 heavy (non-hydrogen) atoms. The van der Waals surface area contributed by atoms with Gasteiger partial charge in [0.2, 0.25) is 0 Å². The van der Waals surface area contributed by atoms with Gasteiger partial charge in [-0.1, -0.05) is 24.3 Å². The summed E-state index contributed by atoms with van der Waals surface area (Å²) < 4.78 is 11.1. The summed E-state index contributed by atoms with van der Waals surface area (Å²) in [6.45, 7) is 2.80. The van der Waals surface area contributed by atoms with Crippen molar-refractivity contribution in [1.29, 1.82) is 0 Å². The van der Waals surface area contributed by atoms with E-state index in [9.17, 15) is 4.79 Å². The Balaban J connectivity index is 1.65. The molecule has 0 bridgehead atoms. The van der Waals surface area contributed by atoms with Gasteiger partial charge in [-0.25, -0.2) is 0 Å². The van der Waals surface area contributed by atoms with Gasteiger partial charge in [-0.2, -0.15) is 0 Å². The Hall–Kier alpha value is -1.94. The third-order valence-electron chi connectivity index (χ3n) is 3.28. The Kier molecular flexibility index (Phi) is 4.15. The Labute approximate surface area is 128 Å². The van der Waals surface area contributed by atoms with E-state index in [4.69, 9.17) is 9.47 Å². The Bertz CT molecular complexity index is 650. The lowest BCUT2D eigenvalue weighted by atomic mass is 10.1. The van der Waals surface area contributed by atoms with Gasteiger partial charge < -0.3 is 9.47 Å². The molecule has 1 aliphatic rings. The zero-order chi connectivity index (χ0) is 14.7. The predicted octanol–water partition coefficient (Wildman–Crippen LogP) is 3.95. The van der Waals surface area contributed by atoms with E-state index < -0.39 is 0 Å². The molecule has 0 spiro atoms. The van der Waals surface area contributed by atoms with Gasteiger partial charge in [0, 0.05) is 16.2 Å². The molecule has 2 aromatic carbocycles. The van der Waals surface area contributed by atoms with Crippen LogP contribution in [0.4, 0.5) is 0 Å². The first-order valence-corrected chi connectivity index (χ1v) is 7.83. The molecule has 0 amide bonds. The minimum Gasteiger partial charge on any atom is -0.486 e. The number of ether oxygens (including phenoxy) is 2. The van der Waals surface area contributed by atoms with E-state index in [0.29, 0.717) is 13.2 Å². The van der Waals surface area contributed by atoms with Crippen molar-refractivity contribution in [3.05, 3.63) is 53.6 Å². The molecule has 0 saturated carbocycles. The number of thioether (sulfide) groups is 1. The van der Waals surface area contributed by atoms with Gasteiger partial charge in [0.15, 0.2) is 17.3 Å². The normalized spacial score (nSPS) is 13.0. The number of fused-ring (bicyclic) bond motifs is 1. The monoisotopic (exact) mass is 300 g/mol. The maximum Gasteiger partial charge on any atom is 0.162 e. The minimum atomic E-state index is 0.0982. The number of rotatable bonds is 4. The Morgan fingerprint density at radius 3 is 2.48 bits per heavy atom. The molecule has 0 aromatic heterocycles. The van der Waals surface area contributed by atoms with E-state index >= 15 is 0 Å². The number of carbonyl (C=O) groups is 1. The second kappa shape index (κ2) is 6.22. The zero-order valence-electron chi connectivity index (χ0n) is 11.8. The summed E-state index contributed by atoms with van der Waals surface area (Å²) in [5.74, 6) is 2.59. The van der Waals surface area contributed by atoms with Crippen LogP contribution in [0.5, 0.6) is 11.5 Å². The molecular weight excluding hydrogens is 284 g/mol. The van der Waals surface area contributed by atoms with Crippen molar-refractivity contribution < 1.29 is 14.3 Å². The summed E-state index contributed by atoms with van der Waals surface area (Å²) in [6.07, 6.45) is 0. The predicted molar refractivity (Wildman–Crippen MR) is 83.4 cm³/mol. The summed E-state index contributed by atoms with van der Waals surface area (Å²) in [6, 6.07) is 13.8. The summed E-state index contributed by atoms with van der Waals surface area (Å²) in [7, 11) is 0. The number of hydrogen-bond acceptors (Lipinski definition) is 4. The van der Waals surface area contributed by atoms with E-state index in [-0.39, 0.29) is 5.78 Å². The number of ketones is 1. The standard InChI is InChI=1S/C17H16O3S/c1-12(18)14-4-2-13(3-5-14)11-21-15-6-7-16-17(10-15)20-9-8-19-16/h2-7,10H,8-9,11H2,1H3. The van der Waals surface area contributed by atoms with Crippen LogP contribution in [0, 0.1) is 0 Å². The zero-order valence-corrected chi connectivity index (χ0v) is 12.6. The van der Waals surface area contributed by atoms with Gasteiger partial charge in [0.1, 0.15) is 13.2 Å². The summed E-state index contributed by atoms with van der Waals surface area (Å²) >= 11 is 1.74. The van der Waals surface area contributed by atoms with Crippen LogP contribution in [-0.4, -0.2) is 19.0 Å². The van der Waals surface area contributed by atoms with Gasteiger partial charge in [0.05, 0.1) is 0 Å². The highest BCUT2D eigenvalue weighted by atomic mass is 32.2. The fourth-order valence-electron chi connectivity index (χ4n) is 2.12. The van der Waals surface area contributed by atoms with Gasteiger partial charge in [0.25, 0.3) is 0 Å². The number of benzene rings is 2. The van der Waals surface area contributed by atoms with Crippen molar-refractivity contribution in [3.63, 3.8) is 0 Å². The minimum absolute atomic E-state index is 0.0982. The average molecular weight is 300 g/mol. The molecule has 3 rings (SSSR count). The summed E-state index contributed by atoms with van der Waals surface area (Å²) in [5.41, 5.74) is 1.95. The van der Waals surface area contributed by atoms with Crippen LogP contribution in [0.2, 0.25) is 0 Å². The number of hydrogen-bond donors (Lipinski definition) is 0. The quantitative estimate of drug-likeness (QED) is 0.632. The van der Waals surface area contributed by atoms with Crippen LogP contribution < -0.4 is 9.47 Å². The fourth-order valence-corrected chi connectivity index (χ4v) is 3.00. The van der Waals surface area contributed by atoms with Crippen LogP contribution in [-0.2, 0) is 5.75 Å². The maximum absolute atomic E-state index is 11.2. The second-order valence-electron chi connectivity index (χ2n) is 4.85. The third kappa shape index (κ3) is 3.39. The molecule has 4 heteroatoms. The SMILES string of the molecule is CC(=O)c1ccc(CSc2ccc3c(c2)OCCO3)cc1. The van der Waals surface area contributed by atoms with E-state index in [1.165, 1.54) is 5.56 Å². The van der Waals surface area contributed by atoms with Gasteiger partial charge in [-0.15, -0.1) is 11.8 Å². The molecule has 0 saturated heterocycles. The van der Waals surface area contributed by atoms with Gasteiger partial charge in [-0.3, -0.25) is 4.79 Å². The molecule has 0 radical (unpaired) electrons. The molecular formula is C17H16O3S. The van der Waals surface area contributed by atoms with Gasteiger partial charge >= 0.3 is 0 Å². The lowest BCUT2D eigenvalue weighted by Crippen LogP contribution is -2.15. The highest BCUT2D eigenvalue weighted by Gasteiger charge is 2.11. The lowest BCUT2D eigenvalue weighted by Gasteiger charge is -2.18. The average Bonchev–Trinajstić information content (AvgIpc) is 2.53. The van der Waals surface area contributed by atoms with E-state index in [0.717, 1.165) is 27.7 Å². The third-order valence-corrected chi connectivity index (χ3v) is 4.34. The van der Waals surface area contributed by atoms with Crippen LogP contribution in [0.15, 0.2) is 47.4 Å². The first-order valence-electron chi connectivity index (χ1n) is 6.85. The topological polar surface area (TPSA) is 35.5 Å². The first-order chi connectivity index (χ1) is 10.2. The molecule has 108 valence electrons. The molecule has 0 aliphatic carbocycles. The largest absolute Gasteiger partial charge is 0.486 e. The molecule has 3 nitrogen and oxygen atoms in total. The van der Waals surface area contributed by atoms with Crippen LogP contribution in [0.25, 0.3) is 0 Å². The van der Waals surface area contributed by atoms with E-state index in [1.54, 1.807) is 18.7 Å². The molecule has 0 N–H and O–H groups in total. The highest BCUT2D eigenvalue weighted by Crippen LogP contribution is 2.35. The van der Waals surface area contributed by atoms with Gasteiger partial charge in [-0.05, 0) is 30.7 Å². The number of Topliss-reactive ketones (excluding diaryl/α,β-unsaturated/α-hetero) is 1. The summed E-state index contributed by atoms with van der Waals surface area (Å²) in [4.78, 5) is 12.4. The van der Waals surface area contributed by atoms with Crippen LogP contribution in [0.1, 0.15) is 22.8 Å². The van der Waals surface area contributed by atoms with Crippen molar-refractivity contribution in [2.24, 2.45) is 0 Å². The smallest absolute Gasteiger partial charge is 0.162 e. The lowest BCUT2D eigenvalue weighted by molar-refractivity contribution is 0.101. The fraction of sp³-hybridized carbons (Fsp3) is 0.235. The van der Waals surface area contributed by atoms with E-state index in [2.05, 4.69) is 0 Å². The maximum atomic E-state index is 11.2. The van der Waals surface area contributed by atoms with Crippen LogP contribution >= 0.6 is 11.8 Å².